The van der Waals surface area contributed by atoms with Crippen LogP contribution in [-0.2, 0) is 9.47 Å². The minimum Gasteiger partial charge on any atom is -0.396 e. The molecule has 12 heavy (non-hydrogen) atoms. The van der Waals surface area contributed by atoms with Gasteiger partial charge in [0.1, 0.15) is 0 Å². The van der Waals surface area contributed by atoms with Crippen LogP contribution in [0.25, 0.3) is 0 Å². The average molecular weight is 174 g/mol. The zero-order valence-corrected chi connectivity index (χ0v) is 7.99. The lowest BCUT2D eigenvalue weighted by molar-refractivity contribution is -0.0525. The third kappa shape index (κ3) is 1.63. The van der Waals surface area contributed by atoms with Gasteiger partial charge in [0.15, 0.2) is 0 Å². The molecule has 4 atom stereocenters. The average Bonchev–Trinajstić information content (AvgIpc) is 2.40. The van der Waals surface area contributed by atoms with E-state index in [-0.39, 0.29) is 24.7 Å². The summed E-state index contributed by atoms with van der Waals surface area (Å²) in [5.41, 5.74) is 0. The molecule has 3 heteroatoms. The van der Waals surface area contributed by atoms with Crippen LogP contribution in [0.15, 0.2) is 0 Å². The van der Waals surface area contributed by atoms with E-state index >= 15 is 0 Å². The van der Waals surface area contributed by atoms with Gasteiger partial charge >= 0.3 is 0 Å². The molecule has 0 aromatic carbocycles. The Kier molecular flexibility index (Phi) is 3.50. The number of rotatable bonds is 3. The number of methoxy groups -OCH3 is 2. The van der Waals surface area contributed by atoms with E-state index in [2.05, 4.69) is 6.92 Å². The molecule has 0 aromatic rings. The Hall–Kier alpha value is -0.120. The first-order valence-electron chi connectivity index (χ1n) is 4.41. The fraction of sp³-hybridized carbons (Fsp3) is 1.00. The standard InChI is InChI=1S/C9H18O3/c1-6-4-7(5-10)9(12-3)8(6)11-2/h6-10H,4-5H2,1-3H3/t6-,7+,8+,9-/m1/s1. The van der Waals surface area contributed by atoms with Crippen LogP contribution in [0.3, 0.4) is 0 Å². The van der Waals surface area contributed by atoms with Gasteiger partial charge in [0.2, 0.25) is 0 Å². The normalized spacial score (nSPS) is 42.0. The lowest BCUT2D eigenvalue weighted by Crippen LogP contribution is -2.32. The molecular weight excluding hydrogens is 156 g/mol. The Morgan fingerprint density at radius 1 is 1.25 bits per heavy atom. The van der Waals surface area contributed by atoms with E-state index in [9.17, 15) is 0 Å². The first-order chi connectivity index (χ1) is 5.74. The van der Waals surface area contributed by atoms with E-state index < -0.39 is 0 Å². The maximum Gasteiger partial charge on any atom is 0.0885 e. The third-order valence-corrected chi connectivity index (χ3v) is 2.80. The molecule has 1 aliphatic rings. The van der Waals surface area contributed by atoms with Crippen LogP contribution in [0.1, 0.15) is 13.3 Å². The number of hydrogen-bond acceptors (Lipinski definition) is 3. The molecule has 1 saturated carbocycles. The molecule has 1 rings (SSSR count). The van der Waals surface area contributed by atoms with E-state index in [1.165, 1.54) is 0 Å². The van der Waals surface area contributed by atoms with Gasteiger partial charge in [0.25, 0.3) is 0 Å². The molecule has 72 valence electrons. The summed E-state index contributed by atoms with van der Waals surface area (Å²) < 4.78 is 10.6. The van der Waals surface area contributed by atoms with Crippen LogP contribution in [0.2, 0.25) is 0 Å². The largest absolute Gasteiger partial charge is 0.396 e. The smallest absolute Gasteiger partial charge is 0.0885 e. The Morgan fingerprint density at radius 3 is 2.25 bits per heavy atom. The van der Waals surface area contributed by atoms with Crippen LogP contribution in [0.4, 0.5) is 0 Å². The predicted octanol–water partition coefficient (Wildman–Crippen LogP) is 0.665. The zero-order valence-electron chi connectivity index (χ0n) is 7.99. The van der Waals surface area contributed by atoms with E-state index in [1.54, 1.807) is 14.2 Å². The van der Waals surface area contributed by atoms with Gasteiger partial charge < -0.3 is 14.6 Å². The van der Waals surface area contributed by atoms with Crippen LogP contribution in [0.5, 0.6) is 0 Å². The van der Waals surface area contributed by atoms with Gasteiger partial charge in [-0.2, -0.15) is 0 Å². The molecule has 0 heterocycles. The Labute approximate surface area is 73.7 Å². The SMILES string of the molecule is CO[C@@H]1[C@H](CO)C[C@@H](C)[C@@H]1OC. The van der Waals surface area contributed by atoms with Crippen molar-refractivity contribution in [2.24, 2.45) is 11.8 Å². The van der Waals surface area contributed by atoms with E-state index in [0.717, 1.165) is 6.42 Å². The number of ether oxygens (including phenoxy) is 2. The fourth-order valence-electron chi connectivity index (χ4n) is 2.21. The lowest BCUT2D eigenvalue weighted by Gasteiger charge is -2.22. The maximum absolute atomic E-state index is 9.06. The van der Waals surface area contributed by atoms with Crippen molar-refractivity contribution < 1.29 is 14.6 Å². The fourth-order valence-corrected chi connectivity index (χ4v) is 2.21. The van der Waals surface area contributed by atoms with Crippen molar-refractivity contribution in [3.8, 4) is 0 Å². The van der Waals surface area contributed by atoms with Crippen LogP contribution in [-0.4, -0.2) is 38.1 Å². The molecule has 0 aliphatic heterocycles. The molecule has 1 N–H and O–H groups in total. The highest BCUT2D eigenvalue weighted by Gasteiger charge is 2.41. The Morgan fingerprint density at radius 2 is 1.83 bits per heavy atom. The van der Waals surface area contributed by atoms with Crippen molar-refractivity contribution in [1.29, 1.82) is 0 Å². The van der Waals surface area contributed by atoms with Crippen LogP contribution in [0, 0.1) is 11.8 Å². The monoisotopic (exact) mass is 174 g/mol. The van der Waals surface area contributed by atoms with Crippen molar-refractivity contribution in [3.63, 3.8) is 0 Å². The zero-order chi connectivity index (χ0) is 9.14. The van der Waals surface area contributed by atoms with E-state index in [0.29, 0.717) is 5.92 Å². The van der Waals surface area contributed by atoms with Gasteiger partial charge in [-0.15, -0.1) is 0 Å². The van der Waals surface area contributed by atoms with Crippen molar-refractivity contribution in [2.75, 3.05) is 20.8 Å². The Bertz CT molecular complexity index is 138. The summed E-state index contributed by atoms with van der Waals surface area (Å²) in [4.78, 5) is 0. The molecule has 3 nitrogen and oxygen atoms in total. The molecule has 1 fully saturated rings. The minimum atomic E-state index is 0.0648. The highest BCUT2D eigenvalue weighted by molar-refractivity contribution is 4.90. The number of hydrogen-bond donors (Lipinski definition) is 1. The first-order valence-corrected chi connectivity index (χ1v) is 4.41. The van der Waals surface area contributed by atoms with Gasteiger partial charge in [0, 0.05) is 26.7 Å². The molecule has 0 amide bonds. The first kappa shape index (κ1) is 9.96. The van der Waals surface area contributed by atoms with Crippen LogP contribution < -0.4 is 0 Å². The predicted molar refractivity (Wildman–Crippen MR) is 46.0 cm³/mol. The molecule has 0 aromatic heterocycles. The second-order valence-electron chi connectivity index (χ2n) is 3.56. The van der Waals surface area contributed by atoms with Crippen molar-refractivity contribution in [3.05, 3.63) is 0 Å². The summed E-state index contributed by atoms with van der Waals surface area (Å²) in [5, 5.41) is 9.06. The minimum absolute atomic E-state index is 0.0648. The molecule has 0 radical (unpaired) electrons. The van der Waals surface area contributed by atoms with E-state index in [1.807, 2.05) is 0 Å². The second kappa shape index (κ2) is 4.21. The quantitative estimate of drug-likeness (QED) is 0.683. The lowest BCUT2D eigenvalue weighted by atomic mass is 10.1. The molecule has 0 bridgehead atoms. The summed E-state index contributed by atoms with van der Waals surface area (Å²) in [6, 6.07) is 0. The summed E-state index contributed by atoms with van der Waals surface area (Å²) in [7, 11) is 3.38. The molecule has 0 unspecified atom stereocenters. The van der Waals surface area contributed by atoms with Gasteiger partial charge in [0.05, 0.1) is 12.2 Å². The molecule has 0 spiro atoms. The van der Waals surface area contributed by atoms with Crippen molar-refractivity contribution in [1.82, 2.24) is 0 Å². The van der Waals surface area contributed by atoms with Crippen molar-refractivity contribution in [2.45, 2.75) is 25.6 Å². The summed E-state index contributed by atoms with van der Waals surface area (Å²) >= 11 is 0. The summed E-state index contributed by atoms with van der Waals surface area (Å²) in [6.45, 7) is 2.33. The summed E-state index contributed by atoms with van der Waals surface area (Å²) in [6.07, 6.45) is 1.20. The van der Waals surface area contributed by atoms with Crippen LogP contribution >= 0.6 is 0 Å². The molecular formula is C9H18O3. The molecule has 1 aliphatic carbocycles. The van der Waals surface area contributed by atoms with Gasteiger partial charge in [-0.25, -0.2) is 0 Å². The van der Waals surface area contributed by atoms with Gasteiger partial charge in [-0.3, -0.25) is 0 Å². The van der Waals surface area contributed by atoms with Gasteiger partial charge in [-0.05, 0) is 12.3 Å². The second-order valence-corrected chi connectivity index (χ2v) is 3.56. The Balaban J connectivity index is 2.61. The summed E-state index contributed by atoms with van der Waals surface area (Å²) in [5.74, 6) is 0.729. The number of aliphatic hydroxyl groups is 1. The van der Waals surface area contributed by atoms with Gasteiger partial charge in [-0.1, -0.05) is 6.92 Å². The highest BCUT2D eigenvalue weighted by Crippen LogP contribution is 2.34. The maximum atomic E-state index is 9.06. The van der Waals surface area contributed by atoms with Crippen molar-refractivity contribution >= 4 is 0 Å². The number of aliphatic hydroxyl groups excluding tert-OH is 1. The van der Waals surface area contributed by atoms with E-state index in [4.69, 9.17) is 14.6 Å². The topological polar surface area (TPSA) is 38.7 Å². The highest BCUT2D eigenvalue weighted by atomic mass is 16.5. The molecule has 0 saturated heterocycles. The third-order valence-electron chi connectivity index (χ3n) is 2.80.